The van der Waals surface area contributed by atoms with Crippen LogP contribution < -0.4 is 5.56 Å². The fraction of sp³-hybridized carbons (Fsp3) is 0.160. The third-order valence-electron chi connectivity index (χ3n) is 5.60. The highest BCUT2D eigenvalue weighted by molar-refractivity contribution is 5.77. The second-order valence-corrected chi connectivity index (χ2v) is 8.50. The molecular weight excluding hydrogens is 484 g/mol. The molecule has 0 bridgehead atoms. The highest BCUT2D eigenvalue weighted by Gasteiger charge is 2.48. The molecule has 36 heavy (non-hydrogen) atoms. The van der Waals surface area contributed by atoms with Crippen molar-refractivity contribution in [3.63, 3.8) is 0 Å². The van der Waals surface area contributed by atoms with Crippen molar-refractivity contribution in [3.05, 3.63) is 94.2 Å². The summed E-state index contributed by atoms with van der Waals surface area (Å²) in [5.41, 5.74) is -2.79. The molecular formula is C25H16F4N2O5. The first kappa shape index (κ1) is 23.3. The lowest BCUT2D eigenvalue weighted by atomic mass is 10.0. The zero-order valence-electron chi connectivity index (χ0n) is 18.7. The number of halogens is 4. The monoisotopic (exact) mass is 500 g/mol. The normalized spacial score (nSPS) is 16.6. The van der Waals surface area contributed by atoms with E-state index in [4.69, 9.17) is 13.9 Å². The Bertz CT molecular complexity index is 1560. The van der Waals surface area contributed by atoms with E-state index >= 15 is 0 Å². The average molecular weight is 500 g/mol. The Labute approximate surface area is 200 Å². The molecule has 0 spiro atoms. The zero-order valence-corrected chi connectivity index (χ0v) is 18.7. The molecule has 4 aromatic rings. The predicted molar refractivity (Wildman–Crippen MR) is 117 cm³/mol. The lowest BCUT2D eigenvalue weighted by Crippen LogP contribution is -2.26. The molecule has 0 unspecified atom stereocenters. The molecule has 0 aliphatic carbocycles. The molecule has 1 aliphatic rings. The zero-order chi connectivity index (χ0) is 25.8. The maximum atomic E-state index is 14.8. The minimum atomic E-state index is -1.20. The van der Waals surface area contributed by atoms with Crippen LogP contribution in [-0.4, -0.2) is 21.3 Å². The van der Waals surface area contributed by atoms with Gasteiger partial charge in [0.05, 0.1) is 0 Å². The summed E-state index contributed by atoms with van der Waals surface area (Å²) in [6, 6.07) is 8.23. The van der Waals surface area contributed by atoms with Crippen molar-refractivity contribution in [3.8, 4) is 28.3 Å². The first-order valence-corrected chi connectivity index (χ1v) is 10.6. The number of nitrogens with zero attached hydrogens (tertiary/aromatic N) is 2. The summed E-state index contributed by atoms with van der Waals surface area (Å²) in [5, 5.41) is 0. The van der Waals surface area contributed by atoms with E-state index in [0.717, 1.165) is 47.2 Å². The highest BCUT2D eigenvalue weighted by Crippen LogP contribution is 2.42. The molecule has 0 amide bonds. The molecule has 184 valence electrons. The number of aromatic nitrogens is 2. The van der Waals surface area contributed by atoms with Crippen LogP contribution in [0.5, 0.6) is 0 Å². The Morgan fingerprint density at radius 2 is 1.67 bits per heavy atom. The maximum Gasteiger partial charge on any atom is 0.509 e. The number of pyridine rings is 1. The van der Waals surface area contributed by atoms with E-state index in [1.807, 2.05) is 0 Å². The van der Waals surface area contributed by atoms with E-state index < -0.39 is 52.4 Å². The van der Waals surface area contributed by atoms with Crippen LogP contribution in [0.1, 0.15) is 25.8 Å². The van der Waals surface area contributed by atoms with Crippen molar-refractivity contribution in [2.45, 2.75) is 25.6 Å². The number of cyclic esters (lactones) is 2. The Balaban J connectivity index is 1.74. The SMILES string of the molecule is CC1(C)OC(=O)O[C@@H]1c1nc(-c2ccc(F)cc2F)c(-c2ccc(=O)n(-c3c(F)cccc3F)c2)o1. The van der Waals surface area contributed by atoms with E-state index in [0.29, 0.717) is 6.07 Å². The molecule has 7 nitrogen and oxygen atoms in total. The molecule has 2 aromatic heterocycles. The summed E-state index contributed by atoms with van der Waals surface area (Å²) in [5.74, 6) is -4.08. The number of rotatable bonds is 4. The van der Waals surface area contributed by atoms with Crippen molar-refractivity contribution in [1.82, 2.24) is 9.55 Å². The van der Waals surface area contributed by atoms with Gasteiger partial charge in [0.25, 0.3) is 5.56 Å². The van der Waals surface area contributed by atoms with Gasteiger partial charge in [0, 0.05) is 29.5 Å². The van der Waals surface area contributed by atoms with E-state index in [9.17, 15) is 27.2 Å². The van der Waals surface area contributed by atoms with Gasteiger partial charge in [0.1, 0.15) is 34.7 Å². The minimum absolute atomic E-state index is 0.0813. The number of hydrogen-bond donors (Lipinski definition) is 0. The number of oxazole rings is 1. The molecule has 1 saturated heterocycles. The van der Waals surface area contributed by atoms with E-state index in [1.54, 1.807) is 13.8 Å². The molecule has 3 heterocycles. The van der Waals surface area contributed by atoms with Crippen LogP contribution in [0.2, 0.25) is 0 Å². The highest BCUT2D eigenvalue weighted by atomic mass is 19.1. The van der Waals surface area contributed by atoms with Gasteiger partial charge in [-0.15, -0.1) is 0 Å². The van der Waals surface area contributed by atoms with Crippen LogP contribution in [0.25, 0.3) is 28.3 Å². The van der Waals surface area contributed by atoms with Crippen LogP contribution in [0.4, 0.5) is 22.4 Å². The fourth-order valence-corrected chi connectivity index (χ4v) is 3.90. The smallest absolute Gasteiger partial charge is 0.436 e. The molecule has 1 aliphatic heterocycles. The van der Waals surface area contributed by atoms with Crippen LogP contribution in [0, 0.1) is 23.3 Å². The van der Waals surface area contributed by atoms with Gasteiger partial charge in [0.2, 0.25) is 12.0 Å². The number of para-hydroxylation sites is 1. The Morgan fingerprint density at radius 3 is 2.31 bits per heavy atom. The second kappa shape index (κ2) is 8.36. The van der Waals surface area contributed by atoms with Crippen LogP contribution in [-0.2, 0) is 9.47 Å². The van der Waals surface area contributed by atoms with Gasteiger partial charge in [0.15, 0.2) is 11.4 Å². The summed E-state index contributed by atoms with van der Waals surface area (Å²) in [6.07, 6.45) is -1.000. The quantitative estimate of drug-likeness (QED) is 0.264. The molecule has 0 N–H and O–H groups in total. The lowest BCUT2D eigenvalue weighted by molar-refractivity contribution is 0.0523. The molecule has 11 heteroatoms. The van der Waals surface area contributed by atoms with Gasteiger partial charge < -0.3 is 13.9 Å². The average Bonchev–Trinajstić information content (AvgIpc) is 3.34. The molecule has 1 fully saturated rings. The van der Waals surface area contributed by atoms with E-state index in [2.05, 4.69) is 4.98 Å². The predicted octanol–water partition coefficient (Wildman–Crippen LogP) is 5.70. The first-order chi connectivity index (χ1) is 17.0. The number of carbonyl (C=O) groups is 1. The first-order valence-electron chi connectivity index (χ1n) is 10.6. The largest absolute Gasteiger partial charge is 0.509 e. The lowest BCUT2D eigenvalue weighted by Gasteiger charge is -2.18. The van der Waals surface area contributed by atoms with Gasteiger partial charge in [-0.1, -0.05) is 6.07 Å². The Morgan fingerprint density at radius 1 is 0.944 bits per heavy atom. The van der Waals surface area contributed by atoms with Crippen molar-refractivity contribution in [1.29, 1.82) is 0 Å². The van der Waals surface area contributed by atoms with Gasteiger partial charge in [-0.3, -0.25) is 9.36 Å². The summed E-state index contributed by atoms with van der Waals surface area (Å²) in [6.45, 7) is 3.09. The number of benzene rings is 2. The van der Waals surface area contributed by atoms with Crippen molar-refractivity contribution in [2.24, 2.45) is 0 Å². The van der Waals surface area contributed by atoms with Crippen molar-refractivity contribution >= 4 is 6.16 Å². The third kappa shape index (κ3) is 3.92. The number of ether oxygens (including phenoxy) is 2. The third-order valence-corrected chi connectivity index (χ3v) is 5.60. The van der Waals surface area contributed by atoms with Gasteiger partial charge in [-0.2, -0.15) is 0 Å². The topological polar surface area (TPSA) is 83.6 Å². The van der Waals surface area contributed by atoms with E-state index in [1.165, 1.54) is 6.07 Å². The van der Waals surface area contributed by atoms with Gasteiger partial charge >= 0.3 is 6.16 Å². The molecule has 0 radical (unpaired) electrons. The summed E-state index contributed by atoms with van der Waals surface area (Å²) in [4.78, 5) is 28.5. The number of carbonyl (C=O) groups excluding carboxylic acids is 1. The molecule has 0 saturated carbocycles. The van der Waals surface area contributed by atoms with E-state index in [-0.39, 0.29) is 28.5 Å². The Kier molecular flexibility index (Phi) is 5.42. The van der Waals surface area contributed by atoms with Crippen molar-refractivity contribution in [2.75, 3.05) is 0 Å². The molecule has 1 atom stereocenters. The molecule has 5 rings (SSSR count). The van der Waals surface area contributed by atoms with Crippen molar-refractivity contribution < 1.29 is 36.2 Å². The fourth-order valence-electron chi connectivity index (χ4n) is 3.90. The van der Waals surface area contributed by atoms with Gasteiger partial charge in [-0.05, 0) is 44.2 Å². The maximum absolute atomic E-state index is 14.8. The second-order valence-electron chi connectivity index (χ2n) is 8.50. The van der Waals surface area contributed by atoms with Gasteiger partial charge in [-0.25, -0.2) is 27.3 Å². The van der Waals surface area contributed by atoms with Crippen LogP contribution in [0.15, 0.2) is 63.9 Å². The standard InChI is InChI=1S/C25H16F4N2O5/c1-25(2)22(35-24(33)36-25)23-30-19(14-8-7-13(26)10-17(14)29)21(34-23)12-6-9-18(32)31(11-12)20-15(27)4-3-5-16(20)28/h3-11,22H,1-2H3/t22-/m1/s1. The molecule has 2 aromatic carbocycles. The van der Waals surface area contributed by atoms with Crippen LogP contribution in [0.3, 0.4) is 0 Å². The number of hydrogen-bond acceptors (Lipinski definition) is 6. The summed E-state index contributed by atoms with van der Waals surface area (Å²) >= 11 is 0. The minimum Gasteiger partial charge on any atom is -0.436 e. The summed E-state index contributed by atoms with van der Waals surface area (Å²) < 4.78 is 74.1. The Hall–Kier alpha value is -4.41. The van der Waals surface area contributed by atoms with Crippen LogP contribution >= 0.6 is 0 Å². The summed E-state index contributed by atoms with van der Waals surface area (Å²) in [7, 11) is 0.